The Morgan fingerprint density at radius 1 is 1.45 bits per heavy atom. The summed E-state index contributed by atoms with van der Waals surface area (Å²) in [7, 11) is 0. The molecule has 1 fully saturated rings. The summed E-state index contributed by atoms with van der Waals surface area (Å²) < 4.78 is 5.69. The fourth-order valence-corrected chi connectivity index (χ4v) is 2.43. The third-order valence-electron chi connectivity index (χ3n) is 3.26. The van der Waals surface area contributed by atoms with Crippen molar-refractivity contribution in [2.24, 2.45) is 0 Å². The molecule has 20 heavy (non-hydrogen) atoms. The third-order valence-corrected chi connectivity index (χ3v) is 3.26. The van der Waals surface area contributed by atoms with E-state index in [0.717, 1.165) is 5.56 Å². The molecule has 1 aromatic carbocycles. The number of amides is 2. The number of carbonyl (C=O) groups is 1. The van der Waals surface area contributed by atoms with Gasteiger partial charge in [-0.25, -0.2) is 4.79 Å². The van der Waals surface area contributed by atoms with Crippen LogP contribution in [0.5, 0.6) is 0 Å². The van der Waals surface area contributed by atoms with Crippen molar-refractivity contribution in [2.45, 2.75) is 32.1 Å². The first-order valence-corrected chi connectivity index (χ1v) is 6.85. The molecule has 0 aliphatic carbocycles. The van der Waals surface area contributed by atoms with E-state index in [-0.39, 0.29) is 18.7 Å². The first-order valence-electron chi connectivity index (χ1n) is 6.85. The van der Waals surface area contributed by atoms with E-state index in [1.54, 1.807) is 4.90 Å². The molecule has 1 heterocycles. The van der Waals surface area contributed by atoms with E-state index in [9.17, 15) is 9.90 Å². The molecule has 0 spiro atoms. The summed E-state index contributed by atoms with van der Waals surface area (Å²) in [4.78, 5) is 13.9. The van der Waals surface area contributed by atoms with Gasteiger partial charge in [0.25, 0.3) is 0 Å². The minimum atomic E-state index is -0.435. The summed E-state index contributed by atoms with van der Waals surface area (Å²) in [6.07, 6.45) is -0.318. The highest BCUT2D eigenvalue weighted by Crippen LogP contribution is 2.20. The number of rotatable bonds is 3. The summed E-state index contributed by atoms with van der Waals surface area (Å²) in [5, 5.41) is 12.1. The second kappa shape index (κ2) is 6.24. The molecule has 2 rings (SSSR count). The van der Waals surface area contributed by atoms with E-state index in [4.69, 9.17) is 4.74 Å². The third kappa shape index (κ3) is 3.95. The van der Waals surface area contributed by atoms with E-state index in [1.807, 2.05) is 44.2 Å². The lowest BCUT2D eigenvalue weighted by Crippen LogP contribution is -2.57. The Morgan fingerprint density at radius 2 is 2.15 bits per heavy atom. The summed E-state index contributed by atoms with van der Waals surface area (Å²) in [5.74, 6) is 0. The number of aliphatic hydroxyl groups excluding tert-OH is 1. The first kappa shape index (κ1) is 14.8. The Morgan fingerprint density at radius 3 is 2.80 bits per heavy atom. The largest absolute Gasteiger partial charge is 0.394 e. The van der Waals surface area contributed by atoms with Crippen LogP contribution in [0.15, 0.2) is 30.3 Å². The molecule has 1 aliphatic rings. The number of ether oxygens (including phenoxy) is 1. The van der Waals surface area contributed by atoms with Crippen LogP contribution in [0.2, 0.25) is 0 Å². The monoisotopic (exact) mass is 278 g/mol. The second-order valence-corrected chi connectivity index (χ2v) is 5.71. The van der Waals surface area contributed by atoms with Crippen LogP contribution in [0.4, 0.5) is 4.79 Å². The van der Waals surface area contributed by atoms with Crippen molar-refractivity contribution in [1.29, 1.82) is 0 Å². The van der Waals surface area contributed by atoms with Gasteiger partial charge in [-0.2, -0.15) is 0 Å². The zero-order valence-electron chi connectivity index (χ0n) is 12.0. The van der Waals surface area contributed by atoms with Gasteiger partial charge in [0.1, 0.15) is 0 Å². The quantitative estimate of drug-likeness (QED) is 0.878. The van der Waals surface area contributed by atoms with Crippen LogP contribution in [0.25, 0.3) is 0 Å². The number of urea groups is 1. The van der Waals surface area contributed by atoms with Crippen LogP contribution < -0.4 is 5.32 Å². The molecular weight excluding hydrogens is 256 g/mol. The van der Waals surface area contributed by atoms with Gasteiger partial charge in [0.05, 0.1) is 31.4 Å². The van der Waals surface area contributed by atoms with Crippen molar-refractivity contribution in [2.75, 3.05) is 19.7 Å². The average Bonchev–Trinajstić information content (AvgIpc) is 2.44. The molecule has 1 atom stereocenters. The van der Waals surface area contributed by atoms with Gasteiger partial charge >= 0.3 is 6.03 Å². The van der Waals surface area contributed by atoms with Gasteiger partial charge < -0.3 is 20.1 Å². The van der Waals surface area contributed by atoms with Crippen LogP contribution in [-0.2, 0) is 11.3 Å². The van der Waals surface area contributed by atoms with Crippen molar-refractivity contribution in [1.82, 2.24) is 10.2 Å². The molecule has 1 unspecified atom stereocenters. The lowest BCUT2D eigenvalue weighted by molar-refractivity contribution is -0.138. The maximum absolute atomic E-state index is 12.2. The van der Waals surface area contributed by atoms with Crippen molar-refractivity contribution < 1.29 is 14.6 Å². The summed E-state index contributed by atoms with van der Waals surface area (Å²) in [5.41, 5.74) is 0.627. The Labute approximate surface area is 119 Å². The van der Waals surface area contributed by atoms with Crippen molar-refractivity contribution >= 4 is 6.03 Å². The molecule has 0 saturated carbocycles. The summed E-state index contributed by atoms with van der Waals surface area (Å²) in [6, 6.07) is 9.66. The minimum Gasteiger partial charge on any atom is -0.394 e. The van der Waals surface area contributed by atoms with Gasteiger partial charge in [0, 0.05) is 6.54 Å². The number of benzene rings is 1. The van der Waals surface area contributed by atoms with Gasteiger partial charge in [-0.15, -0.1) is 0 Å². The normalized spacial score (nSPS) is 21.6. The fourth-order valence-electron chi connectivity index (χ4n) is 2.43. The van der Waals surface area contributed by atoms with Crippen molar-refractivity contribution in [3.8, 4) is 0 Å². The van der Waals surface area contributed by atoms with E-state index >= 15 is 0 Å². The van der Waals surface area contributed by atoms with Gasteiger partial charge in [-0.1, -0.05) is 30.3 Å². The highest BCUT2D eigenvalue weighted by atomic mass is 16.5. The minimum absolute atomic E-state index is 0.0775. The molecule has 1 aliphatic heterocycles. The van der Waals surface area contributed by atoms with E-state index in [2.05, 4.69) is 5.32 Å². The fraction of sp³-hybridized carbons (Fsp3) is 0.533. The van der Waals surface area contributed by atoms with Crippen LogP contribution in [0.1, 0.15) is 19.4 Å². The molecule has 2 N–H and O–H groups in total. The number of nitrogens with zero attached hydrogens (tertiary/aromatic N) is 1. The molecule has 0 aromatic heterocycles. The van der Waals surface area contributed by atoms with Gasteiger partial charge in [0.15, 0.2) is 0 Å². The molecule has 5 heteroatoms. The number of carbonyl (C=O) groups excluding carboxylic acids is 1. The molecule has 0 bridgehead atoms. The number of aliphatic hydroxyl groups is 1. The number of nitrogens with one attached hydrogen (secondary N) is 1. The maximum atomic E-state index is 12.2. The van der Waals surface area contributed by atoms with E-state index < -0.39 is 5.60 Å². The smallest absolute Gasteiger partial charge is 0.317 e. The van der Waals surface area contributed by atoms with Gasteiger partial charge in [0.2, 0.25) is 0 Å². The average molecular weight is 278 g/mol. The highest BCUT2D eigenvalue weighted by Gasteiger charge is 2.35. The predicted octanol–water partition coefficient (Wildman–Crippen LogP) is 1.37. The van der Waals surface area contributed by atoms with E-state index in [1.165, 1.54) is 0 Å². The Hall–Kier alpha value is -1.59. The van der Waals surface area contributed by atoms with Crippen molar-refractivity contribution in [3.63, 3.8) is 0 Å². The second-order valence-electron chi connectivity index (χ2n) is 5.71. The number of hydrogen-bond acceptors (Lipinski definition) is 3. The molecule has 2 amide bonds. The highest BCUT2D eigenvalue weighted by molar-refractivity contribution is 5.74. The Bertz CT molecular complexity index is 448. The SMILES string of the molecule is CC1(C)CN(C(=O)NCc2ccccc2)CC(CO)O1. The zero-order chi connectivity index (χ0) is 14.6. The van der Waals surface area contributed by atoms with Crippen LogP contribution in [0.3, 0.4) is 0 Å². The molecular formula is C15H22N2O3. The summed E-state index contributed by atoms with van der Waals surface area (Å²) >= 11 is 0. The Balaban J connectivity index is 1.91. The zero-order valence-corrected chi connectivity index (χ0v) is 12.0. The Kier molecular flexibility index (Phi) is 4.62. The molecule has 0 radical (unpaired) electrons. The van der Waals surface area contributed by atoms with Crippen molar-refractivity contribution in [3.05, 3.63) is 35.9 Å². The molecule has 5 nitrogen and oxygen atoms in total. The molecule has 110 valence electrons. The lowest BCUT2D eigenvalue weighted by atomic mass is 10.1. The summed E-state index contributed by atoms with van der Waals surface area (Å²) in [6.45, 7) is 5.20. The first-order chi connectivity index (χ1) is 9.50. The maximum Gasteiger partial charge on any atom is 0.317 e. The standard InChI is InChI=1S/C15H22N2O3/c1-15(2)11-17(9-13(10-18)20-15)14(19)16-8-12-6-4-3-5-7-12/h3-7,13,18H,8-11H2,1-2H3,(H,16,19). The predicted molar refractivity (Wildman–Crippen MR) is 76.3 cm³/mol. The van der Waals surface area contributed by atoms with Gasteiger partial charge in [-0.3, -0.25) is 0 Å². The van der Waals surface area contributed by atoms with E-state index in [0.29, 0.717) is 19.6 Å². The lowest BCUT2D eigenvalue weighted by Gasteiger charge is -2.42. The van der Waals surface area contributed by atoms with Crippen LogP contribution in [0, 0.1) is 0 Å². The molecule has 1 aromatic rings. The number of hydrogen-bond donors (Lipinski definition) is 2. The van der Waals surface area contributed by atoms with Crippen LogP contribution >= 0.6 is 0 Å². The number of morpholine rings is 1. The van der Waals surface area contributed by atoms with Crippen LogP contribution in [-0.4, -0.2) is 47.4 Å². The molecule has 1 saturated heterocycles. The van der Waals surface area contributed by atoms with Gasteiger partial charge in [-0.05, 0) is 19.4 Å². The topological polar surface area (TPSA) is 61.8 Å².